The van der Waals surface area contributed by atoms with Crippen molar-refractivity contribution in [3.8, 4) is 28.1 Å². The monoisotopic (exact) mass is 742 g/mol. The number of ether oxygens (including phenoxy) is 1. The van der Waals surface area contributed by atoms with Crippen LogP contribution in [0, 0.1) is 11.8 Å². The van der Waals surface area contributed by atoms with E-state index < -0.39 is 0 Å². The number of rotatable bonds is 15. The largest absolute Gasteiger partial charge is 0.494 e. The minimum atomic E-state index is 0. The van der Waals surface area contributed by atoms with Crippen LogP contribution in [-0.4, -0.2) is 41.0 Å². The quantitative estimate of drug-likeness (QED) is 0.126. The number of carbonyl (C=O) groups excluding carboxylic acids is 2. The Bertz CT molecular complexity index is 1600. The van der Waals surface area contributed by atoms with E-state index >= 15 is 0 Å². The molecule has 2 amide bonds. The van der Waals surface area contributed by atoms with Gasteiger partial charge in [-0.3, -0.25) is 14.6 Å². The van der Waals surface area contributed by atoms with Crippen molar-refractivity contribution in [1.82, 2.24) is 15.6 Å². The van der Waals surface area contributed by atoms with Crippen LogP contribution in [0.15, 0.2) is 97.2 Å². The first-order chi connectivity index (χ1) is 25.8. The molecule has 5 rings (SSSR count). The lowest BCUT2D eigenvalue weighted by molar-refractivity contribution is -0.122. The summed E-state index contributed by atoms with van der Waals surface area (Å²) in [6.07, 6.45) is 12.5. The Morgan fingerprint density at radius 3 is 1.89 bits per heavy atom. The van der Waals surface area contributed by atoms with Crippen LogP contribution in [-0.2, 0) is 22.4 Å². The number of amides is 2. The average Bonchev–Trinajstić information content (AvgIpc) is 3.19. The first kappa shape index (κ1) is 45.7. The fraction of sp³-hybridized carbons (Fsp3) is 0.468. The van der Waals surface area contributed by atoms with Gasteiger partial charge in [-0.1, -0.05) is 120 Å². The normalized spacial score (nSPS) is 14.0. The number of carbonyl (C=O) groups is 2. The second-order valence-electron chi connectivity index (χ2n) is 14.0. The topological polar surface area (TPSA) is 112 Å². The van der Waals surface area contributed by atoms with Gasteiger partial charge in [0.2, 0.25) is 11.8 Å². The van der Waals surface area contributed by atoms with E-state index in [4.69, 9.17) is 4.74 Å². The summed E-state index contributed by atoms with van der Waals surface area (Å²) in [6, 6.07) is 31.0. The zero-order valence-corrected chi connectivity index (χ0v) is 34.0. The van der Waals surface area contributed by atoms with Crippen LogP contribution in [0.1, 0.15) is 114 Å². The van der Waals surface area contributed by atoms with Crippen LogP contribution >= 0.6 is 0 Å². The van der Waals surface area contributed by atoms with Crippen LogP contribution in [0.3, 0.4) is 0 Å². The molecule has 1 unspecified atom stereocenters. The van der Waals surface area contributed by atoms with Crippen LogP contribution < -0.4 is 15.4 Å². The summed E-state index contributed by atoms with van der Waals surface area (Å²) in [5.74, 6) is 2.26. The number of hydrogen-bond donors (Lipinski definition) is 2. The van der Waals surface area contributed by atoms with Crippen LogP contribution in [0.4, 0.5) is 0 Å². The Morgan fingerprint density at radius 1 is 0.741 bits per heavy atom. The molecule has 1 aliphatic carbocycles. The number of benzene rings is 3. The predicted octanol–water partition coefficient (Wildman–Crippen LogP) is 10.7. The maximum absolute atomic E-state index is 12.3. The molecule has 0 spiro atoms. The van der Waals surface area contributed by atoms with Gasteiger partial charge in [0, 0.05) is 26.7 Å². The average molecular weight is 742 g/mol. The molecule has 1 fully saturated rings. The standard InChI is InChI=1S/C23H32N2O2.C22H27NO.C2H6.H2O.2H2/c1-5-8-19(6-2)17(4)25-23(26)15-18-9-14-22(24-16-18)20-10-12-21(13-11-20)27-7-3;1-17(19-8-4-2-5-9-19)23-22(24)16-18-12-14-21(15-13-18)20-10-6-3-7-11-20;1-2;;;/h9-14,16-17,19H,5-8,15H2,1-4H3,(H,25,26);3,6-7,10-15,17,19H,2,4-5,8-9,16H2,1H3,(H,23,24);1-2H3;1H2;2*1H/t17-,19?;17-;;;;/m11..../s1. The first-order valence-electron chi connectivity index (χ1n) is 20.2. The molecule has 3 aromatic carbocycles. The van der Waals surface area contributed by atoms with Crippen molar-refractivity contribution in [3.63, 3.8) is 0 Å². The van der Waals surface area contributed by atoms with Crippen LogP contribution in [0.2, 0.25) is 0 Å². The van der Waals surface area contributed by atoms with Gasteiger partial charge in [0.15, 0.2) is 0 Å². The van der Waals surface area contributed by atoms with Gasteiger partial charge in [0.25, 0.3) is 0 Å². The summed E-state index contributed by atoms with van der Waals surface area (Å²) >= 11 is 0. The van der Waals surface area contributed by atoms with Crippen molar-refractivity contribution < 1.29 is 22.7 Å². The van der Waals surface area contributed by atoms with E-state index in [1.54, 1.807) is 6.20 Å². The molecule has 0 saturated heterocycles. The second kappa shape index (κ2) is 25.5. The first-order valence-corrected chi connectivity index (χ1v) is 20.2. The molecule has 0 radical (unpaired) electrons. The lowest BCUT2D eigenvalue weighted by Gasteiger charge is -2.28. The molecular formula is C47H71N3O4. The highest BCUT2D eigenvalue weighted by Crippen LogP contribution is 2.27. The lowest BCUT2D eigenvalue weighted by Crippen LogP contribution is -2.39. The number of pyridine rings is 1. The Hall–Kier alpha value is -4.49. The Balaban J connectivity index is 0.000000988. The fourth-order valence-corrected chi connectivity index (χ4v) is 7.06. The molecule has 7 heteroatoms. The molecule has 1 heterocycles. The molecular weight excluding hydrogens is 671 g/mol. The Labute approximate surface area is 329 Å². The minimum absolute atomic E-state index is 0. The van der Waals surface area contributed by atoms with Crippen molar-refractivity contribution in [2.75, 3.05) is 6.61 Å². The van der Waals surface area contributed by atoms with Gasteiger partial charge in [0.05, 0.1) is 25.1 Å². The van der Waals surface area contributed by atoms with E-state index in [1.165, 1.54) is 43.2 Å². The summed E-state index contributed by atoms with van der Waals surface area (Å²) in [7, 11) is 0. The highest BCUT2D eigenvalue weighted by molar-refractivity contribution is 5.79. The number of hydrogen-bond acceptors (Lipinski definition) is 4. The van der Waals surface area contributed by atoms with Gasteiger partial charge in [-0.15, -0.1) is 0 Å². The van der Waals surface area contributed by atoms with Gasteiger partial charge in [-0.2, -0.15) is 0 Å². The molecule has 1 aromatic heterocycles. The minimum Gasteiger partial charge on any atom is -0.494 e. The third kappa shape index (κ3) is 15.5. The highest BCUT2D eigenvalue weighted by atomic mass is 16.5. The number of aromatic nitrogens is 1. The third-order valence-electron chi connectivity index (χ3n) is 10.1. The van der Waals surface area contributed by atoms with Crippen molar-refractivity contribution in [1.29, 1.82) is 0 Å². The lowest BCUT2D eigenvalue weighted by atomic mass is 9.84. The van der Waals surface area contributed by atoms with E-state index in [-0.39, 0.29) is 26.2 Å². The molecule has 4 aromatic rings. The van der Waals surface area contributed by atoms with E-state index in [2.05, 4.69) is 79.7 Å². The van der Waals surface area contributed by atoms with Gasteiger partial charge in [-0.05, 0) is 104 Å². The summed E-state index contributed by atoms with van der Waals surface area (Å²) in [5.41, 5.74) is 6.33. The third-order valence-corrected chi connectivity index (χ3v) is 10.1. The Kier molecular flexibility index (Phi) is 21.6. The van der Waals surface area contributed by atoms with E-state index in [1.807, 2.05) is 75.4 Å². The van der Waals surface area contributed by atoms with Crippen molar-refractivity contribution in [3.05, 3.63) is 108 Å². The van der Waals surface area contributed by atoms with Gasteiger partial charge in [-0.25, -0.2) is 0 Å². The van der Waals surface area contributed by atoms with E-state index in [0.717, 1.165) is 47.4 Å². The van der Waals surface area contributed by atoms with E-state index in [0.29, 0.717) is 37.3 Å². The Morgan fingerprint density at radius 2 is 1.31 bits per heavy atom. The molecule has 0 aliphatic heterocycles. The van der Waals surface area contributed by atoms with E-state index in [9.17, 15) is 9.59 Å². The zero-order chi connectivity index (χ0) is 38.4. The van der Waals surface area contributed by atoms with Gasteiger partial charge < -0.3 is 20.8 Å². The van der Waals surface area contributed by atoms with Crippen molar-refractivity contribution >= 4 is 11.8 Å². The molecule has 3 atom stereocenters. The van der Waals surface area contributed by atoms with Gasteiger partial charge >= 0.3 is 0 Å². The summed E-state index contributed by atoms with van der Waals surface area (Å²) in [4.78, 5) is 29.2. The maximum atomic E-state index is 12.3. The zero-order valence-electron chi connectivity index (χ0n) is 34.0. The molecule has 54 heavy (non-hydrogen) atoms. The van der Waals surface area contributed by atoms with Gasteiger partial charge in [0.1, 0.15) is 5.75 Å². The maximum Gasteiger partial charge on any atom is 0.224 e. The smallest absolute Gasteiger partial charge is 0.224 e. The number of nitrogens with one attached hydrogen (secondary N) is 2. The molecule has 298 valence electrons. The van der Waals surface area contributed by atoms with Crippen molar-refractivity contribution in [2.24, 2.45) is 11.8 Å². The fourth-order valence-electron chi connectivity index (χ4n) is 7.06. The van der Waals surface area contributed by atoms with Crippen molar-refractivity contribution in [2.45, 2.75) is 125 Å². The SMILES string of the molecule is CC.CCCC(CC)[C@@H](C)NC(=O)Cc1ccc(-c2ccc(OCC)cc2)nc1.C[C@@H](NC(=O)Cc1ccc(-c2ccccc2)cc1)C1CCCCC1.O.[HH].[HH]. The molecule has 4 N–H and O–H groups in total. The summed E-state index contributed by atoms with van der Waals surface area (Å²) in [6.45, 7) is 15.3. The summed E-state index contributed by atoms with van der Waals surface area (Å²) in [5, 5.41) is 6.35. The summed E-state index contributed by atoms with van der Waals surface area (Å²) < 4.78 is 5.47. The molecule has 7 nitrogen and oxygen atoms in total. The van der Waals surface area contributed by atoms with Crippen LogP contribution in [0.5, 0.6) is 5.75 Å². The second-order valence-corrected chi connectivity index (χ2v) is 14.0. The molecule has 0 bridgehead atoms. The molecule has 1 aliphatic rings. The molecule has 1 saturated carbocycles. The highest BCUT2D eigenvalue weighted by Gasteiger charge is 2.21. The predicted molar refractivity (Wildman–Crippen MR) is 230 cm³/mol. The number of nitrogens with zero attached hydrogens (tertiary/aromatic N) is 1. The van der Waals surface area contributed by atoms with Crippen LogP contribution in [0.25, 0.3) is 22.4 Å².